The van der Waals surface area contributed by atoms with Gasteiger partial charge in [0.25, 0.3) is 5.91 Å². The Morgan fingerprint density at radius 3 is 2.94 bits per heavy atom. The zero-order chi connectivity index (χ0) is 11.5. The zero-order valence-corrected chi connectivity index (χ0v) is 9.86. The molecule has 1 heterocycles. The maximum atomic E-state index is 12.0. The minimum atomic E-state index is -0.0304. The molecule has 86 valence electrons. The van der Waals surface area contributed by atoms with Crippen molar-refractivity contribution in [1.29, 1.82) is 0 Å². The Hall–Kier alpha value is -1.38. The Morgan fingerprint density at radius 1 is 1.50 bits per heavy atom. The molecule has 1 aromatic rings. The first kappa shape index (κ1) is 11.1. The van der Waals surface area contributed by atoms with Crippen molar-refractivity contribution in [2.75, 3.05) is 0 Å². The fourth-order valence-corrected chi connectivity index (χ4v) is 2.32. The molecule has 16 heavy (non-hydrogen) atoms. The van der Waals surface area contributed by atoms with Gasteiger partial charge in [-0.1, -0.05) is 13.0 Å². The second kappa shape index (κ2) is 4.64. The lowest BCUT2D eigenvalue weighted by Gasteiger charge is -2.12. The second-order valence-electron chi connectivity index (χ2n) is 4.76. The summed E-state index contributed by atoms with van der Waals surface area (Å²) in [5.41, 5.74) is 1.49. The van der Waals surface area contributed by atoms with Gasteiger partial charge in [-0.3, -0.25) is 9.78 Å². The SMILES string of the molecule is Cc1cccnc1C(=O)NC1CCC(C)C1. The minimum Gasteiger partial charge on any atom is -0.348 e. The van der Waals surface area contributed by atoms with Gasteiger partial charge in [0, 0.05) is 12.2 Å². The van der Waals surface area contributed by atoms with Crippen molar-refractivity contribution in [2.45, 2.75) is 39.2 Å². The first-order valence-corrected chi connectivity index (χ1v) is 5.89. The molecule has 0 aromatic carbocycles. The van der Waals surface area contributed by atoms with Crippen LogP contribution in [0.3, 0.4) is 0 Å². The molecule has 0 aliphatic heterocycles. The Kier molecular flexibility index (Phi) is 3.22. The molecule has 1 aromatic heterocycles. The molecule has 1 aliphatic rings. The van der Waals surface area contributed by atoms with Gasteiger partial charge in [-0.05, 0) is 43.7 Å². The van der Waals surface area contributed by atoms with Crippen LogP contribution in [0.2, 0.25) is 0 Å². The van der Waals surface area contributed by atoms with E-state index in [1.165, 1.54) is 6.42 Å². The molecule has 1 saturated carbocycles. The molecule has 0 radical (unpaired) electrons. The summed E-state index contributed by atoms with van der Waals surface area (Å²) in [7, 11) is 0. The van der Waals surface area contributed by atoms with Crippen LogP contribution in [0.15, 0.2) is 18.3 Å². The van der Waals surface area contributed by atoms with E-state index in [-0.39, 0.29) is 5.91 Å². The number of hydrogen-bond donors (Lipinski definition) is 1. The van der Waals surface area contributed by atoms with E-state index in [9.17, 15) is 4.79 Å². The Labute approximate surface area is 96.3 Å². The first-order chi connectivity index (χ1) is 7.66. The van der Waals surface area contributed by atoms with Gasteiger partial charge in [-0.25, -0.2) is 0 Å². The molecule has 1 aliphatic carbocycles. The molecule has 2 atom stereocenters. The van der Waals surface area contributed by atoms with Crippen molar-refractivity contribution in [3.05, 3.63) is 29.6 Å². The molecule has 0 spiro atoms. The predicted molar refractivity (Wildman–Crippen MR) is 63.2 cm³/mol. The van der Waals surface area contributed by atoms with Crippen molar-refractivity contribution in [2.24, 2.45) is 5.92 Å². The van der Waals surface area contributed by atoms with Gasteiger partial charge in [-0.15, -0.1) is 0 Å². The third-order valence-electron chi connectivity index (χ3n) is 3.25. The molecule has 0 saturated heterocycles. The van der Waals surface area contributed by atoms with Crippen molar-refractivity contribution in [1.82, 2.24) is 10.3 Å². The van der Waals surface area contributed by atoms with Crippen LogP contribution >= 0.6 is 0 Å². The summed E-state index contributed by atoms with van der Waals surface area (Å²) in [6.45, 7) is 4.15. The van der Waals surface area contributed by atoms with Crippen LogP contribution < -0.4 is 5.32 Å². The third kappa shape index (κ3) is 2.40. The highest BCUT2D eigenvalue weighted by atomic mass is 16.1. The molecule has 2 unspecified atom stereocenters. The summed E-state index contributed by atoms with van der Waals surface area (Å²) in [5.74, 6) is 0.701. The van der Waals surface area contributed by atoms with E-state index in [1.54, 1.807) is 6.20 Å². The molecule has 0 bridgehead atoms. The maximum absolute atomic E-state index is 12.0. The van der Waals surface area contributed by atoms with Crippen molar-refractivity contribution in [3.63, 3.8) is 0 Å². The molecule has 3 nitrogen and oxygen atoms in total. The number of carbonyl (C=O) groups is 1. The van der Waals surface area contributed by atoms with Gasteiger partial charge in [0.1, 0.15) is 5.69 Å². The van der Waals surface area contributed by atoms with Gasteiger partial charge < -0.3 is 5.32 Å². The van der Waals surface area contributed by atoms with Crippen molar-refractivity contribution in [3.8, 4) is 0 Å². The van der Waals surface area contributed by atoms with Crippen LogP contribution in [0.25, 0.3) is 0 Å². The van der Waals surface area contributed by atoms with Gasteiger partial charge in [0.05, 0.1) is 0 Å². The highest BCUT2D eigenvalue weighted by Gasteiger charge is 2.23. The number of hydrogen-bond acceptors (Lipinski definition) is 2. The minimum absolute atomic E-state index is 0.0304. The number of amides is 1. The lowest BCUT2D eigenvalue weighted by Crippen LogP contribution is -2.33. The maximum Gasteiger partial charge on any atom is 0.270 e. The van der Waals surface area contributed by atoms with Crippen LogP contribution in [0.4, 0.5) is 0 Å². The summed E-state index contributed by atoms with van der Waals surface area (Å²) in [4.78, 5) is 16.1. The number of aromatic nitrogens is 1. The van der Waals surface area contributed by atoms with E-state index >= 15 is 0 Å². The fraction of sp³-hybridized carbons (Fsp3) is 0.538. The lowest BCUT2D eigenvalue weighted by molar-refractivity contribution is 0.0931. The van der Waals surface area contributed by atoms with E-state index < -0.39 is 0 Å². The van der Waals surface area contributed by atoms with E-state index in [0.717, 1.165) is 24.3 Å². The third-order valence-corrected chi connectivity index (χ3v) is 3.25. The number of carbonyl (C=O) groups excluding carboxylic acids is 1. The number of nitrogens with zero attached hydrogens (tertiary/aromatic N) is 1. The number of pyridine rings is 1. The normalized spacial score (nSPS) is 24.4. The van der Waals surface area contributed by atoms with Crippen molar-refractivity contribution >= 4 is 5.91 Å². The standard InChI is InChI=1S/C13H18N2O/c1-9-5-6-11(8-9)15-13(16)12-10(2)4-3-7-14-12/h3-4,7,9,11H,5-6,8H2,1-2H3,(H,15,16). The van der Waals surface area contributed by atoms with E-state index in [2.05, 4.69) is 17.2 Å². The lowest BCUT2D eigenvalue weighted by atomic mass is 10.1. The number of rotatable bonds is 2. The molecule has 1 amide bonds. The zero-order valence-electron chi connectivity index (χ0n) is 9.86. The smallest absolute Gasteiger partial charge is 0.270 e. The highest BCUT2D eigenvalue weighted by molar-refractivity contribution is 5.93. The van der Waals surface area contributed by atoms with Crippen LogP contribution in [-0.2, 0) is 0 Å². The Bertz CT molecular complexity index is 389. The van der Waals surface area contributed by atoms with Crippen LogP contribution in [0, 0.1) is 12.8 Å². The summed E-state index contributed by atoms with van der Waals surface area (Å²) in [5, 5.41) is 3.06. The molecule has 1 N–H and O–H groups in total. The number of nitrogens with one attached hydrogen (secondary N) is 1. The van der Waals surface area contributed by atoms with E-state index in [1.807, 2.05) is 19.1 Å². The van der Waals surface area contributed by atoms with Gasteiger partial charge in [0.15, 0.2) is 0 Å². The van der Waals surface area contributed by atoms with Gasteiger partial charge >= 0.3 is 0 Å². The molecule has 3 heteroatoms. The van der Waals surface area contributed by atoms with Gasteiger partial charge in [-0.2, -0.15) is 0 Å². The summed E-state index contributed by atoms with van der Waals surface area (Å²) >= 11 is 0. The van der Waals surface area contributed by atoms with E-state index in [4.69, 9.17) is 0 Å². The molecular weight excluding hydrogens is 200 g/mol. The largest absolute Gasteiger partial charge is 0.348 e. The monoisotopic (exact) mass is 218 g/mol. The van der Waals surface area contributed by atoms with Crippen LogP contribution in [0.5, 0.6) is 0 Å². The quantitative estimate of drug-likeness (QED) is 0.827. The van der Waals surface area contributed by atoms with Crippen LogP contribution in [-0.4, -0.2) is 16.9 Å². The Morgan fingerprint density at radius 2 is 2.31 bits per heavy atom. The topological polar surface area (TPSA) is 42.0 Å². The average molecular weight is 218 g/mol. The summed E-state index contributed by atoms with van der Waals surface area (Å²) < 4.78 is 0. The van der Waals surface area contributed by atoms with Crippen LogP contribution in [0.1, 0.15) is 42.2 Å². The summed E-state index contributed by atoms with van der Waals surface area (Å²) in [6, 6.07) is 4.10. The molecular formula is C13H18N2O. The van der Waals surface area contributed by atoms with Gasteiger partial charge in [0.2, 0.25) is 0 Å². The molecule has 1 fully saturated rings. The Balaban J connectivity index is 2.01. The predicted octanol–water partition coefficient (Wildman–Crippen LogP) is 2.31. The highest BCUT2D eigenvalue weighted by Crippen LogP contribution is 2.24. The average Bonchev–Trinajstić information content (AvgIpc) is 2.64. The van der Waals surface area contributed by atoms with Crippen molar-refractivity contribution < 1.29 is 4.79 Å². The van der Waals surface area contributed by atoms with E-state index in [0.29, 0.717) is 11.7 Å². The fourth-order valence-electron chi connectivity index (χ4n) is 2.32. The second-order valence-corrected chi connectivity index (χ2v) is 4.76. The molecule has 2 rings (SSSR count). The summed E-state index contributed by atoms with van der Waals surface area (Å²) in [6.07, 6.45) is 5.07. The number of aryl methyl sites for hydroxylation is 1. The first-order valence-electron chi connectivity index (χ1n) is 5.89.